The lowest BCUT2D eigenvalue weighted by Crippen LogP contribution is -2.40. The van der Waals surface area contributed by atoms with Gasteiger partial charge >= 0.3 is 5.97 Å². The molecule has 3 amide bonds. The van der Waals surface area contributed by atoms with Gasteiger partial charge < -0.3 is 9.64 Å². The molecule has 2 aliphatic heterocycles. The van der Waals surface area contributed by atoms with Crippen molar-refractivity contribution < 1.29 is 23.9 Å². The van der Waals surface area contributed by atoms with Crippen molar-refractivity contribution in [3.05, 3.63) is 66.2 Å². The summed E-state index contributed by atoms with van der Waals surface area (Å²) in [4.78, 5) is 55.0. The third-order valence-corrected chi connectivity index (χ3v) is 8.84. The molecule has 0 radical (unpaired) electrons. The number of aryl methyl sites for hydroxylation is 1. The van der Waals surface area contributed by atoms with Crippen LogP contribution in [0.2, 0.25) is 0 Å². The van der Waals surface area contributed by atoms with E-state index in [1.54, 1.807) is 29.2 Å². The van der Waals surface area contributed by atoms with Gasteiger partial charge in [0, 0.05) is 18.7 Å². The number of hydrogen-bond acceptors (Lipinski definition) is 5. The van der Waals surface area contributed by atoms with Crippen LogP contribution >= 0.6 is 0 Å². The summed E-state index contributed by atoms with van der Waals surface area (Å²) < 4.78 is 5.57. The van der Waals surface area contributed by atoms with Crippen molar-refractivity contribution in [1.82, 2.24) is 0 Å². The van der Waals surface area contributed by atoms with E-state index >= 15 is 0 Å². The van der Waals surface area contributed by atoms with Gasteiger partial charge in [-0.3, -0.25) is 24.1 Å². The van der Waals surface area contributed by atoms with Crippen molar-refractivity contribution in [2.45, 2.75) is 19.8 Å². The lowest BCUT2D eigenvalue weighted by atomic mass is 9.63. The SMILES string of the molecule is Cc1ccccc1N1C[C@H](C(=O)Oc2ccc(N3C(=O)[C@@H]4[C@H]5C=C[C@@H]([C@@H]6C[C@H]56)[C@@H]4C3=O)cc2)CC1=O. The molecule has 36 heavy (non-hydrogen) atoms. The summed E-state index contributed by atoms with van der Waals surface area (Å²) in [5.74, 6) is -0.0345. The van der Waals surface area contributed by atoms with E-state index < -0.39 is 11.9 Å². The van der Waals surface area contributed by atoms with Crippen LogP contribution in [0.5, 0.6) is 5.75 Å². The second-order valence-electron chi connectivity index (χ2n) is 10.8. The molecule has 2 bridgehead atoms. The van der Waals surface area contributed by atoms with Crippen molar-refractivity contribution >= 4 is 35.1 Å². The standard InChI is InChI=1S/C29H26N2O5/c1-15-4-2-3-5-23(15)30-14-16(12-24(30)32)29(35)36-18-8-6-17(7-9-18)31-27(33)25-19-10-11-20(22-13-21(19)22)26(25)28(31)34/h2-11,16,19-22,25-26H,12-14H2,1H3/t16-,19+,20+,21-,22+,25-,26+/m1/s1. The maximum atomic E-state index is 13.3. The number of hydrogen-bond donors (Lipinski definition) is 0. The Bertz CT molecular complexity index is 1310. The number of esters is 1. The smallest absolute Gasteiger partial charge is 0.316 e. The minimum absolute atomic E-state index is 0.100. The molecular weight excluding hydrogens is 456 g/mol. The topological polar surface area (TPSA) is 84.0 Å². The average Bonchev–Trinajstić information content (AvgIpc) is 3.56. The van der Waals surface area contributed by atoms with Crippen molar-refractivity contribution in [3.63, 3.8) is 0 Å². The maximum Gasteiger partial charge on any atom is 0.316 e. The first-order valence-corrected chi connectivity index (χ1v) is 12.7. The highest BCUT2D eigenvalue weighted by Gasteiger charge is 2.67. The Morgan fingerprint density at radius 3 is 2.17 bits per heavy atom. The summed E-state index contributed by atoms with van der Waals surface area (Å²) in [6.45, 7) is 2.21. The molecule has 7 nitrogen and oxygen atoms in total. The molecule has 0 spiro atoms. The van der Waals surface area contributed by atoms with E-state index in [1.807, 2.05) is 31.2 Å². The molecule has 0 N–H and O–H groups in total. The highest BCUT2D eigenvalue weighted by molar-refractivity contribution is 6.22. The Labute approximate surface area is 208 Å². The molecule has 4 aliphatic carbocycles. The molecule has 6 aliphatic rings. The van der Waals surface area contributed by atoms with E-state index in [-0.39, 0.29) is 54.4 Å². The third-order valence-electron chi connectivity index (χ3n) is 8.84. The van der Waals surface area contributed by atoms with E-state index in [1.165, 1.54) is 4.90 Å². The van der Waals surface area contributed by atoms with Crippen molar-refractivity contribution in [2.75, 3.05) is 16.3 Å². The van der Waals surface area contributed by atoms with Crippen LogP contribution in [0.3, 0.4) is 0 Å². The van der Waals surface area contributed by atoms with E-state index in [2.05, 4.69) is 12.2 Å². The summed E-state index contributed by atoms with van der Waals surface area (Å²) in [7, 11) is 0. The third kappa shape index (κ3) is 3.04. The number of anilines is 2. The number of rotatable bonds is 4. The Balaban J connectivity index is 1.04. The molecular formula is C29H26N2O5. The average molecular weight is 483 g/mol. The van der Waals surface area contributed by atoms with Crippen LogP contribution in [-0.2, 0) is 19.2 Å². The van der Waals surface area contributed by atoms with Gasteiger partial charge in [0.2, 0.25) is 17.7 Å². The zero-order valence-electron chi connectivity index (χ0n) is 19.9. The zero-order chi connectivity index (χ0) is 24.7. The fourth-order valence-electron chi connectivity index (χ4n) is 7.04. The van der Waals surface area contributed by atoms with E-state index in [4.69, 9.17) is 4.74 Å². The number of carbonyl (C=O) groups is 4. The number of para-hydroxylation sites is 1. The maximum absolute atomic E-state index is 13.3. The van der Waals surface area contributed by atoms with Crippen molar-refractivity contribution in [3.8, 4) is 5.75 Å². The normalized spacial score (nSPS) is 33.7. The van der Waals surface area contributed by atoms with Crippen LogP contribution in [0.25, 0.3) is 0 Å². The molecule has 0 aromatic heterocycles. The molecule has 2 heterocycles. The fraction of sp³-hybridized carbons (Fsp3) is 0.379. The lowest BCUT2D eigenvalue weighted by Gasteiger charge is -2.37. The fourth-order valence-corrected chi connectivity index (χ4v) is 7.04. The number of allylic oxidation sites excluding steroid dienone is 2. The molecule has 2 aromatic carbocycles. The van der Waals surface area contributed by atoms with E-state index in [9.17, 15) is 19.2 Å². The van der Waals surface area contributed by atoms with Crippen LogP contribution in [0.1, 0.15) is 18.4 Å². The molecule has 2 saturated heterocycles. The Kier molecular flexibility index (Phi) is 4.56. The van der Waals surface area contributed by atoms with Gasteiger partial charge in [-0.15, -0.1) is 0 Å². The van der Waals surface area contributed by atoms with E-state index in [0.29, 0.717) is 23.3 Å². The zero-order valence-corrected chi connectivity index (χ0v) is 19.9. The largest absolute Gasteiger partial charge is 0.426 e. The number of ether oxygens (including phenoxy) is 1. The second kappa shape index (κ2) is 7.63. The van der Waals surface area contributed by atoms with Crippen molar-refractivity contribution in [2.24, 2.45) is 41.4 Å². The Morgan fingerprint density at radius 2 is 1.53 bits per heavy atom. The summed E-state index contributed by atoms with van der Waals surface area (Å²) >= 11 is 0. The van der Waals surface area contributed by atoms with E-state index in [0.717, 1.165) is 17.7 Å². The predicted molar refractivity (Wildman–Crippen MR) is 131 cm³/mol. The van der Waals surface area contributed by atoms with Crippen LogP contribution in [-0.4, -0.2) is 30.2 Å². The van der Waals surface area contributed by atoms with Gasteiger partial charge in [0.05, 0.1) is 23.4 Å². The molecule has 8 rings (SSSR count). The van der Waals surface area contributed by atoms with Crippen LogP contribution in [0, 0.1) is 48.3 Å². The van der Waals surface area contributed by atoms with Gasteiger partial charge in [-0.25, -0.2) is 0 Å². The highest BCUT2D eigenvalue weighted by atomic mass is 16.5. The summed E-state index contributed by atoms with van der Waals surface area (Å²) in [5.41, 5.74) is 2.29. The Morgan fingerprint density at radius 1 is 0.889 bits per heavy atom. The quantitative estimate of drug-likeness (QED) is 0.288. The molecule has 7 heteroatoms. The minimum atomic E-state index is -0.559. The first-order valence-electron chi connectivity index (χ1n) is 12.7. The number of amides is 3. The lowest BCUT2D eigenvalue weighted by molar-refractivity contribution is -0.139. The molecule has 2 saturated carbocycles. The van der Waals surface area contributed by atoms with Crippen LogP contribution < -0.4 is 14.5 Å². The first kappa shape index (κ1) is 21.5. The molecule has 182 valence electrons. The van der Waals surface area contributed by atoms with Crippen LogP contribution in [0.15, 0.2) is 60.7 Å². The first-order chi connectivity index (χ1) is 17.4. The van der Waals surface area contributed by atoms with Gasteiger partial charge in [-0.05, 0) is 72.9 Å². The van der Waals surface area contributed by atoms with Gasteiger partial charge in [-0.2, -0.15) is 0 Å². The van der Waals surface area contributed by atoms with Gasteiger partial charge in [0.15, 0.2) is 0 Å². The minimum Gasteiger partial charge on any atom is -0.426 e. The second-order valence-corrected chi connectivity index (χ2v) is 10.8. The summed E-state index contributed by atoms with van der Waals surface area (Å²) in [6, 6.07) is 14.1. The molecule has 2 aromatic rings. The molecule has 7 atom stereocenters. The van der Waals surface area contributed by atoms with Crippen molar-refractivity contribution in [1.29, 1.82) is 0 Å². The van der Waals surface area contributed by atoms with Gasteiger partial charge in [0.25, 0.3) is 0 Å². The van der Waals surface area contributed by atoms with Crippen LogP contribution in [0.4, 0.5) is 11.4 Å². The predicted octanol–water partition coefficient (Wildman–Crippen LogP) is 3.51. The van der Waals surface area contributed by atoms with Gasteiger partial charge in [-0.1, -0.05) is 30.4 Å². The summed E-state index contributed by atoms with van der Waals surface area (Å²) in [6.07, 6.45) is 5.55. The monoisotopic (exact) mass is 482 g/mol. The number of carbonyl (C=O) groups excluding carboxylic acids is 4. The number of nitrogens with zero attached hydrogens (tertiary/aromatic N) is 2. The molecule has 4 fully saturated rings. The molecule has 0 unspecified atom stereocenters. The number of benzene rings is 2. The number of imide groups is 1. The Hall–Kier alpha value is -3.74. The summed E-state index contributed by atoms with van der Waals surface area (Å²) in [5, 5.41) is 0. The highest BCUT2D eigenvalue weighted by Crippen LogP contribution is 2.65. The van der Waals surface area contributed by atoms with Gasteiger partial charge in [0.1, 0.15) is 5.75 Å².